The minimum Gasteiger partial charge on any atom is -0.461 e. The van der Waals surface area contributed by atoms with Gasteiger partial charge in [0, 0.05) is 42.6 Å². The number of carbonyl (C=O) groups is 2. The minimum atomic E-state index is -0.564. The van der Waals surface area contributed by atoms with Crippen LogP contribution in [-0.4, -0.2) is 63.4 Å². The van der Waals surface area contributed by atoms with Gasteiger partial charge in [-0.15, -0.1) is 11.8 Å². The van der Waals surface area contributed by atoms with E-state index in [1.807, 2.05) is 6.92 Å². The molecular weight excluding hydrogens is 398 g/mol. The lowest BCUT2D eigenvalue weighted by Gasteiger charge is -2.50. The molecule has 3 rings (SSSR count). The van der Waals surface area contributed by atoms with Gasteiger partial charge in [0.25, 0.3) is 11.6 Å². The monoisotopic (exact) mass is 419 g/mol. The van der Waals surface area contributed by atoms with Crippen LogP contribution in [0.3, 0.4) is 0 Å². The van der Waals surface area contributed by atoms with Crippen LogP contribution in [0.5, 0.6) is 0 Å². The highest BCUT2D eigenvalue weighted by atomic mass is 32.2. The van der Waals surface area contributed by atoms with E-state index in [4.69, 9.17) is 4.74 Å². The van der Waals surface area contributed by atoms with Crippen molar-refractivity contribution in [1.29, 1.82) is 0 Å². The van der Waals surface area contributed by atoms with Crippen LogP contribution < -0.4 is 0 Å². The Morgan fingerprint density at radius 1 is 1.48 bits per heavy atom. The van der Waals surface area contributed by atoms with Gasteiger partial charge in [-0.2, -0.15) is 0 Å². The van der Waals surface area contributed by atoms with Gasteiger partial charge in [-0.05, 0) is 23.3 Å². The third-order valence-electron chi connectivity index (χ3n) is 4.74. The van der Waals surface area contributed by atoms with E-state index in [-0.39, 0.29) is 36.1 Å². The van der Waals surface area contributed by atoms with Crippen LogP contribution in [0.1, 0.15) is 19.4 Å². The summed E-state index contributed by atoms with van der Waals surface area (Å²) in [6.45, 7) is 3.11. The molecule has 0 spiro atoms. The Morgan fingerprint density at radius 2 is 2.17 bits per heavy atom. The van der Waals surface area contributed by atoms with Crippen LogP contribution in [0.4, 0.5) is 5.69 Å². The number of aliphatic hydroxyl groups is 1. The number of aliphatic hydroxyl groups excluding tert-OH is 1. The number of ether oxygens (including phenoxy) is 1. The average Bonchev–Trinajstić information content (AvgIpc) is 2.71. The minimum absolute atomic E-state index is 0.0102. The number of non-ortho nitro benzene ring substituents is 1. The Hall–Kier alpha value is -2.72. The van der Waals surface area contributed by atoms with E-state index >= 15 is 0 Å². The second-order valence-electron chi connectivity index (χ2n) is 6.83. The number of hydrogen-bond donors (Lipinski definition) is 1. The van der Waals surface area contributed by atoms with Gasteiger partial charge in [-0.3, -0.25) is 29.6 Å². The SMILES string of the molecule is CC(=O)OCC1=C(C(C)CO)N2C(=O)[C@H](N=Cc3ccc([N+](=O)[O-])cc3)[C@H]2SC1. The molecule has 1 N–H and O–H groups in total. The second-order valence-corrected chi connectivity index (χ2v) is 7.94. The quantitative estimate of drug-likeness (QED) is 0.235. The van der Waals surface area contributed by atoms with E-state index in [0.29, 0.717) is 17.0 Å². The first-order chi connectivity index (χ1) is 13.8. The maximum Gasteiger partial charge on any atom is 0.302 e. The molecule has 1 amide bonds. The lowest BCUT2D eigenvalue weighted by atomic mass is 9.96. The predicted molar refractivity (Wildman–Crippen MR) is 107 cm³/mol. The Labute approximate surface area is 171 Å². The number of nitrogens with zero attached hydrogens (tertiary/aromatic N) is 3. The summed E-state index contributed by atoms with van der Waals surface area (Å²) in [6, 6.07) is 5.36. The van der Waals surface area contributed by atoms with Gasteiger partial charge < -0.3 is 9.84 Å². The summed E-state index contributed by atoms with van der Waals surface area (Å²) >= 11 is 1.53. The summed E-state index contributed by atoms with van der Waals surface area (Å²) in [7, 11) is 0. The summed E-state index contributed by atoms with van der Waals surface area (Å²) in [6.07, 6.45) is 1.54. The van der Waals surface area contributed by atoms with Crippen molar-refractivity contribution in [3.8, 4) is 0 Å². The van der Waals surface area contributed by atoms with Crippen LogP contribution in [-0.2, 0) is 14.3 Å². The number of rotatable bonds is 7. The molecule has 9 nitrogen and oxygen atoms in total. The standard InChI is InChI=1S/C19H21N3O6S/c1-11(8-23)17-14(9-28-12(2)24)10-29-19-16(18(25)21(17)19)20-7-13-3-5-15(6-4-13)22(26)27/h3-7,11,16,19,23H,8-10H2,1-2H3/t11?,16-,19+/m0/s1. The van der Waals surface area contributed by atoms with Crippen LogP contribution in [0, 0.1) is 16.0 Å². The molecule has 10 heteroatoms. The summed E-state index contributed by atoms with van der Waals surface area (Å²) in [5.41, 5.74) is 2.17. The molecule has 0 bridgehead atoms. The van der Waals surface area contributed by atoms with Gasteiger partial charge in [0.15, 0.2) is 6.04 Å². The smallest absolute Gasteiger partial charge is 0.302 e. The first-order valence-electron chi connectivity index (χ1n) is 9.02. The van der Waals surface area contributed by atoms with Gasteiger partial charge >= 0.3 is 5.97 Å². The van der Waals surface area contributed by atoms with Gasteiger partial charge in [-0.25, -0.2) is 0 Å². The predicted octanol–water partition coefficient (Wildman–Crippen LogP) is 1.74. The molecular formula is C19H21N3O6S. The van der Waals surface area contributed by atoms with Crippen molar-refractivity contribution in [2.45, 2.75) is 25.3 Å². The van der Waals surface area contributed by atoms with Crippen molar-refractivity contribution in [3.05, 3.63) is 51.2 Å². The van der Waals surface area contributed by atoms with E-state index in [2.05, 4.69) is 4.99 Å². The van der Waals surface area contributed by atoms with Crippen LogP contribution in [0.25, 0.3) is 0 Å². The molecule has 0 aromatic heterocycles. The number of amides is 1. The molecule has 1 unspecified atom stereocenters. The van der Waals surface area contributed by atoms with Crippen molar-refractivity contribution < 1.29 is 24.4 Å². The lowest BCUT2D eigenvalue weighted by Crippen LogP contribution is -2.64. The van der Waals surface area contributed by atoms with Crippen molar-refractivity contribution in [2.24, 2.45) is 10.9 Å². The molecule has 2 heterocycles. The van der Waals surface area contributed by atoms with Gasteiger partial charge in [0.05, 0.1) is 11.5 Å². The molecule has 1 aromatic carbocycles. The first-order valence-corrected chi connectivity index (χ1v) is 10.1. The fourth-order valence-electron chi connectivity index (χ4n) is 3.26. The molecule has 0 aliphatic carbocycles. The Kier molecular flexibility index (Phi) is 6.33. The molecule has 2 aliphatic heterocycles. The molecule has 0 saturated carbocycles. The highest BCUT2D eigenvalue weighted by Gasteiger charge is 2.52. The number of β-lactam (4-membered cyclic amide) rings is 1. The number of nitro groups is 1. The van der Waals surface area contributed by atoms with Crippen molar-refractivity contribution in [2.75, 3.05) is 19.0 Å². The molecule has 1 aromatic rings. The van der Waals surface area contributed by atoms with Crippen molar-refractivity contribution in [1.82, 2.24) is 4.90 Å². The van der Waals surface area contributed by atoms with Crippen molar-refractivity contribution >= 4 is 35.5 Å². The molecule has 1 fully saturated rings. The summed E-state index contributed by atoms with van der Waals surface area (Å²) in [4.78, 5) is 40.2. The Bertz CT molecular complexity index is 882. The fourth-order valence-corrected chi connectivity index (χ4v) is 4.60. The molecule has 0 radical (unpaired) electrons. The maximum absolute atomic E-state index is 12.8. The summed E-state index contributed by atoms with van der Waals surface area (Å²) < 4.78 is 5.10. The molecule has 29 heavy (non-hydrogen) atoms. The van der Waals surface area contributed by atoms with Crippen LogP contribution >= 0.6 is 11.8 Å². The average molecular weight is 419 g/mol. The third kappa shape index (κ3) is 4.33. The van der Waals surface area contributed by atoms with Crippen LogP contribution in [0.2, 0.25) is 0 Å². The maximum atomic E-state index is 12.8. The summed E-state index contributed by atoms with van der Waals surface area (Å²) in [5, 5.41) is 20.1. The van der Waals surface area contributed by atoms with Gasteiger partial charge in [0.1, 0.15) is 12.0 Å². The van der Waals surface area contributed by atoms with Gasteiger partial charge in [-0.1, -0.05) is 6.92 Å². The first kappa shape index (κ1) is 21.0. The number of fused-ring (bicyclic) bond motifs is 1. The molecule has 1 saturated heterocycles. The molecule has 154 valence electrons. The lowest BCUT2D eigenvalue weighted by molar-refractivity contribution is -0.384. The zero-order valence-corrected chi connectivity index (χ0v) is 16.8. The number of carbonyl (C=O) groups excluding carboxylic acids is 2. The van der Waals surface area contributed by atoms with E-state index in [0.717, 1.165) is 5.57 Å². The van der Waals surface area contributed by atoms with Gasteiger partial charge in [0.2, 0.25) is 0 Å². The Morgan fingerprint density at radius 3 is 2.76 bits per heavy atom. The van der Waals surface area contributed by atoms with Crippen molar-refractivity contribution in [3.63, 3.8) is 0 Å². The number of esters is 1. The topological polar surface area (TPSA) is 122 Å². The number of nitro benzene ring substituents is 1. The number of thioether (sulfide) groups is 1. The van der Waals surface area contributed by atoms with E-state index in [1.54, 1.807) is 17.0 Å². The largest absolute Gasteiger partial charge is 0.461 e. The second kappa shape index (κ2) is 8.75. The number of hydrogen-bond acceptors (Lipinski definition) is 8. The van der Waals surface area contributed by atoms with Crippen LogP contribution in [0.15, 0.2) is 40.5 Å². The zero-order valence-electron chi connectivity index (χ0n) is 16.0. The molecule has 3 atom stereocenters. The van der Waals surface area contributed by atoms with E-state index in [1.165, 1.54) is 37.0 Å². The summed E-state index contributed by atoms with van der Waals surface area (Å²) in [5.74, 6) is -0.282. The zero-order chi connectivity index (χ0) is 21.1. The highest BCUT2D eigenvalue weighted by molar-refractivity contribution is 8.00. The highest BCUT2D eigenvalue weighted by Crippen LogP contribution is 2.43. The van der Waals surface area contributed by atoms with E-state index in [9.17, 15) is 24.8 Å². The Balaban J connectivity index is 1.76. The fraction of sp³-hybridized carbons (Fsp3) is 0.421. The number of aliphatic imine (C=N–C) groups is 1. The third-order valence-corrected chi connectivity index (χ3v) is 6.07. The van der Waals surface area contributed by atoms with E-state index < -0.39 is 16.9 Å². The normalized spacial score (nSPS) is 22.3. The number of benzene rings is 1. The molecule has 2 aliphatic rings.